The van der Waals surface area contributed by atoms with Crippen molar-refractivity contribution in [1.82, 2.24) is 20.4 Å². The number of aliphatic hydroxyl groups is 1. The molecule has 0 aliphatic rings. The van der Waals surface area contributed by atoms with Gasteiger partial charge < -0.3 is 15.7 Å². The van der Waals surface area contributed by atoms with Gasteiger partial charge >= 0.3 is 6.03 Å². The number of nitrogens with one attached hydrogen (secondary N) is 2. The highest BCUT2D eigenvalue weighted by Crippen LogP contribution is 2.07. The molecule has 6 nitrogen and oxygen atoms in total. The SMILES string of the molecule is CC(O)CCNC(=O)NCCc1cnn(-c2ccccc2)c1. The van der Waals surface area contributed by atoms with E-state index in [1.165, 1.54) is 0 Å². The molecule has 2 rings (SSSR count). The molecule has 22 heavy (non-hydrogen) atoms. The molecule has 2 aromatic rings. The summed E-state index contributed by atoms with van der Waals surface area (Å²) >= 11 is 0. The van der Waals surface area contributed by atoms with Crippen molar-refractivity contribution in [3.05, 3.63) is 48.3 Å². The van der Waals surface area contributed by atoms with Gasteiger partial charge in [0.05, 0.1) is 18.0 Å². The lowest BCUT2D eigenvalue weighted by Gasteiger charge is -2.08. The molecule has 1 heterocycles. The first-order valence-electron chi connectivity index (χ1n) is 7.44. The summed E-state index contributed by atoms with van der Waals surface area (Å²) in [5.41, 5.74) is 2.07. The number of carbonyl (C=O) groups is 1. The summed E-state index contributed by atoms with van der Waals surface area (Å²) in [7, 11) is 0. The number of urea groups is 1. The highest BCUT2D eigenvalue weighted by molar-refractivity contribution is 5.73. The summed E-state index contributed by atoms with van der Waals surface area (Å²) in [4.78, 5) is 11.5. The topological polar surface area (TPSA) is 79.2 Å². The molecular weight excluding hydrogens is 280 g/mol. The Kier molecular flexibility index (Phi) is 5.97. The van der Waals surface area contributed by atoms with Gasteiger partial charge in [-0.1, -0.05) is 18.2 Å². The van der Waals surface area contributed by atoms with Crippen LogP contribution >= 0.6 is 0 Å². The van der Waals surface area contributed by atoms with Gasteiger partial charge in [-0.3, -0.25) is 0 Å². The Bertz CT molecular complexity index is 581. The summed E-state index contributed by atoms with van der Waals surface area (Å²) in [6, 6.07) is 9.67. The second kappa shape index (κ2) is 8.19. The Balaban J connectivity index is 1.72. The van der Waals surface area contributed by atoms with E-state index in [0.29, 0.717) is 19.5 Å². The minimum absolute atomic E-state index is 0.212. The van der Waals surface area contributed by atoms with E-state index in [-0.39, 0.29) is 6.03 Å². The van der Waals surface area contributed by atoms with Crippen molar-refractivity contribution < 1.29 is 9.90 Å². The number of carbonyl (C=O) groups excluding carboxylic acids is 1. The van der Waals surface area contributed by atoms with Crippen LogP contribution in [0.3, 0.4) is 0 Å². The quantitative estimate of drug-likeness (QED) is 0.725. The van der Waals surface area contributed by atoms with E-state index < -0.39 is 6.10 Å². The molecule has 1 aromatic carbocycles. The zero-order valence-electron chi connectivity index (χ0n) is 12.7. The van der Waals surface area contributed by atoms with Crippen molar-refractivity contribution in [2.45, 2.75) is 25.9 Å². The maximum Gasteiger partial charge on any atom is 0.314 e. The number of aliphatic hydroxyl groups excluding tert-OH is 1. The molecule has 0 aliphatic carbocycles. The van der Waals surface area contributed by atoms with Crippen molar-refractivity contribution in [1.29, 1.82) is 0 Å². The molecule has 0 aliphatic heterocycles. The highest BCUT2D eigenvalue weighted by Gasteiger charge is 2.03. The van der Waals surface area contributed by atoms with Crippen LogP contribution in [0, 0.1) is 0 Å². The van der Waals surface area contributed by atoms with Crippen LogP contribution in [0.15, 0.2) is 42.7 Å². The van der Waals surface area contributed by atoms with E-state index in [4.69, 9.17) is 5.11 Å². The van der Waals surface area contributed by atoms with Crippen molar-refractivity contribution in [2.24, 2.45) is 0 Å². The van der Waals surface area contributed by atoms with Gasteiger partial charge in [0, 0.05) is 19.3 Å². The van der Waals surface area contributed by atoms with E-state index in [2.05, 4.69) is 15.7 Å². The average molecular weight is 302 g/mol. The van der Waals surface area contributed by atoms with E-state index >= 15 is 0 Å². The van der Waals surface area contributed by atoms with Crippen molar-refractivity contribution in [3.63, 3.8) is 0 Å². The van der Waals surface area contributed by atoms with Gasteiger partial charge in [0.15, 0.2) is 0 Å². The molecule has 2 amide bonds. The number of rotatable bonds is 7. The fourth-order valence-electron chi connectivity index (χ4n) is 1.99. The molecule has 6 heteroatoms. The summed E-state index contributed by atoms with van der Waals surface area (Å²) < 4.78 is 1.82. The normalized spacial score (nSPS) is 11.9. The third-order valence-electron chi connectivity index (χ3n) is 3.20. The minimum Gasteiger partial charge on any atom is -0.393 e. The van der Waals surface area contributed by atoms with Crippen LogP contribution in [-0.4, -0.2) is 40.1 Å². The van der Waals surface area contributed by atoms with E-state index in [0.717, 1.165) is 17.7 Å². The summed E-state index contributed by atoms with van der Waals surface area (Å²) in [6.07, 6.45) is 4.64. The Morgan fingerprint density at radius 1 is 1.27 bits per heavy atom. The van der Waals surface area contributed by atoms with Crippen molar-refractivity contribution in [3.8, 4) is 5.69 Å². The molecule has 1 atom stereocenters. The highest BCUT2D eigenvalue weighted by atomic mass is 16.3. The lowest BCUT2D eigenvalue weighted by atomic mass is 10.2. The van der Waals surface area contributed by atoms with Gasteiger partial charge in [-0.15, -0.1) is 0 Å². The summed E-state index contributed by atoms with van der Waals surface area (Å²) in [6.45, 7) is 2.71. The fraction of sp³-hybridized carbons (Fsp3) is 0.375. The first-order valence-corrected chi connectivity index (χ1v) is 7.44. The van der Waals surface area contributed by atoms with Gasteiger partial charge in [0.25, 0.3) is 0 Å². The predicted octanol–water partition coefficient (Wildman–Crippen LogP) is 1.48. The average Bonchev–Trinajstić information content (AvgIpc) is 2.97. The van der Waals surface area contributed by atoms with Crippen molar-refractivity contribution >= 4 is 6.03 Å². The molecule has 3 N–H and O–H groups in total. The number of aromatic nitrogens is 2. The minimum atomic E-state index is -0.399. The Morgan fingerprint density at radius 3 is 2.73 bits per heavy atom. The largest absolute Gasteiger partial charge is 0.393 e. The molecular formula is C16H22N4O2. The summed E-state index contributed by atoms with van der Waals surface area (Å²) in [5, 5.41) is 18.9. The zero-order valence-corrected chi connectivity index (χ0v) is 12.7. The van der Waals surface area contributed by atoms with Gasteiger partial charge in [0.1, 0.15) is 0 Å². The molecule has 0 fully saturated rings. The third-order valence-corrected chi connectivity index (χ3v) is 3.20. The van der Waals surface area contributed by atoms with E-state index in [9.17, 15) is 4.79 Å². The number of hydrogen-bond acceptors (Lipinski definition) is 3. The number of para-hydroxylation sites is 1. The monoisotopic (exact) mass is 302 g/mol. The van der Waals surface area contributed by atoms with Crippen molar-refractivity contribution in [2.75, 3.05) is 13.1 Å². The molecule has 0 saturated carbocycles. The van der Waals surface area contributed by atoms with Crippen LogP contribution in [0.2, 0.25) is 0 Å². The smallest absolute Gasteiger partial charge is 0.314 e. The zero-order chi connectivity index (χ0) is 15.8. The fourth-order valence-corrected chi connectivity index (χ4v) is 1.99. The van der Waals surface area contributed by atoms with Gasteiger partial charge in [-0.25, -0.2) is 9.48 Å². The molecule has 118 valence electrons. The molecule has 0 bridgehead atoms. The van der Waals surface area contributed by atoms with Crippen LogP contribution in [-0.2, 0) is 6.42 Å². The van der Waals surface area contributed by atoms with Crippen LogP contribution < -0.4 is 10.6 Å². The number of amides is 2. The Labute approximate surface area is 130 Å². The van der Waals surface area contributed by atoms with Crippen LogP contribution in [0.1, 0.15) is 18.9 Å². The second-order valence-corrected chi connectivity index (χ2v) is 5.20. The second-order valence-electron chi connectivity index (χ2n) is 5.20. The number of hydrogen-bond donors (Lipinski definition) is 3. The maximum absolute atomic E-state index is 11.5. The molecule has 0 spiro atoms. The molecule has 0 radical (unpaired) electrons. The third kappa shape index (κ3) is 5.21. The van der Waals surface area contributed by atoms with Gasteiger partial charge in [-0.2, -0.15) is 5.10 Å². The summed E-state index contributed by atoms with van der Waals surface area (Å²) in [5.74, 6) is 0. The predicted molar refractivity (Wildman–Crippen MR) is 85.0 cm³/mol. The first-order chi connectivity index (χ1) is 10.6. The van der Waals surface area contributed by atoms with Crippen LogP contribution in [0.5, 0.6) is 0 Å². The standard InChI is InChI=1S/C16H22N4O2/c1-13(21)7-9-17-16(22)18-10-8-14-11-19-20(12-14)15-5-3-2-4-6-15/h2-6,11-13,21H,7-10H2,1H3,(H2,17,18,22). The maximum atomic E-state index is 11.5. The first kappa shape index (κ1) is 16.0. The molecule has 0 saturated heterocycles. The molecule has 1 aromatic heterocycles. The van der Waals surface area contributed by atoms with Gasteiger partial charge in [0.2, 0.25) is 0 Å². The van der Waals surface area contributed by atoms with Crippen LogP contribution in [0.25, 0.3) is 5.69 Å². The Morgan fingerprint density at radius 2 is 2.00 bits per heavy atom. The Hall–Kier alpha value is -2.34. The van der Waals surface area contributed by atoms with Crippen LogP contribution in [0.4, 0.5) is 4.79 Å². The van der Waals surface area contributed by atoms with E-state index in [1.54, 1.807) is 13.1 Å². The van der Waals surface area contributed by atoms with Gasteiger partial charge in [-0.05, 0) is 37.5 Å². The van der Waals surface area contributed by atoms with E-state index in [1.807, 2.05) is 41.2 Å². The number of benzene rings is 1. The molecule has 1 unspecified atom stereocenters. The number of nitrogens with zero attached hydrogens (tertiary/aromatic N) is 2. The lowest BCUT2D eigenvalue weighted by molar-refractivity contribution is 0.183. The lowest BCUT2D eigenvalue weighted by Crippen LogP contribution is -2.37.